The minimum atomic E-state index is -1.29. The van der Waals surface area contributed by atoms with Crippen LogP contribution in [0.25, 0.3) is 0 Å². The first kappa shape index (κ1) is 16.5. The van der Waals surface area contributed by atoms with Gasteiger partial charge in [0.15, 0.2) is 6.10 Å². The Labute approximate surface area is 137 Å². The second-order valence-electron chi connectivity index (χ2n) is 4.62. The minimum absolute atomic E-state index is 0.231. The van der Waals surface area contributed by atoms with Gasteiger partial charge in [0.05, 0.1) is 11.1 Å². The molecule has 1 unspecified atom stereocenters. The summed E-state index contributed by atoms with van der Waals surface area (Å²) in [5, 5.41) is 9.91. The maximum atomic E-state index is 11.5. The Morgan fingerprint density at radius 1 is 1.23 bits per heavy atom. The van der Waals surface area contributed by atoms with Gasteiger partial charge in [-0.25, -0.2) is 4.79 Å². The molecule has 5 heteroatoms. The van der Waals surface area contributed by atoms with Gasteiger partial charge >= 0.3 is 5.97 Å². The van der Waals surface area contributed by atoms with Gasteiger partial charge in [0.1, 0.15) is 12.4 Å². The van der Waals surface area contributed by atoms with Gasteiger partial charge < -0.3 is 14.6 Å². The Hall–Kier alpha value is -1.85. The summed E-state index contributed by atoms with van der Waals surface area (Å²) in [5.41, 5.74) is 1.52. The third kappa shape index (κ3) is 4.32. The van der Waals surface area contributed by atoms with Crippen LogP contribution in [0.4, 0.5) is 0 Å². The van der Waals surface area contributed by atoms with Crippen molar-refractivity contribution in [2.45, 2.75) is 19.6 Å². The second kappa shape index (κ2) is 7.96. The number of esters is 1. The average molecular weight is 365 g/mol. The largest absolute Gasteiger partial charge is 0.488 e. The van der Waals surface area contributed by atoms with E-state index in [1.807, 2.05) is 30.3 Å². The summed E-state index contributed by atoms with van der Waals surface area (Å²) >= 11 is 3.39. The molecule has 2 rings (SSSR count). The summed E-state index contributed by atoms with van der Waals surface area (Å²) in [6.07, 6.45) is -1.29. The van der Waals surface area contributed by atoms with Crippen molar-refractivity contribution in [3.8, 4) is 5.75 Å². The van der Waals surface area contributed by atoms with Crippen molar-refractivity contribution < 1.29 is 19.4 Å². The van der Waals surface area contributed by atoms with Crippen molar-refractivity contribution in [3.63, 3.8) is 0 Å². The molecule has 0 aliphatic carbocycles. The lowest BCUT2D eigenvalue weighted by Crippen LogP contribution is -2.15. The number of hydrogen-bond acceptors (Lipinski definition) is 4. The second-order valence-corrected chi connectivity index (χ2v) is 5.47. The molecular formula is C17H17BrO4. The fourth-order valence-corrected chi connectivity index (χ4v) is 2.41. The van der Waals surface area contributed by atoms with E-state index in [1.54, 1.807) is 25.1 Å². The summed E-state index contributed by atoms with van der Waals surface area (Å²) in [6.45, 7) is 2.37. The SMILES string of the molecule is CCOC(=O)C(O)c1ccc(OCc2ccccc2)c(Br)c1. The maximum Gasteiger partial charge on any atom is 0.339 e. The minimum Gasteiger partial charge on any atom is -0.488 e. The van der Waals surface area contributed by atoms with Crippen LogP contribution in [0.2, 0.25) is 0 Å². The molecule has 0 heterocycles. The molecule has 0 saturated heterocycles. The van der Waals surface area contributed by atoms with E-state index in [2.05, 4.69) is 15.9 Å². The molecule has 0 aliphatic rings. The number of halogens is 1. The maximum absolute atomic E-state index is 11.5. The van der Waals surface area contributed by atoms with Crippen LogP contribution >= 0.6 is 15.9 Å². The Bertz CT molecular complexity index is 628. The number of ether oxygens (including phenoxy) is 2. The predicted octanol–water partition coefficient (Wildman–Crippen LogP) is 3.62. The van der Waals surface area contributed by atoms with E-state index >= 15 is 0 Å². The monoisotopic (exact) mass is 364 g/mol. The van der Waals surface area contributed by atoms with E-state index in [4.69, 9.17) is 9.47 Å². The molecule has 0 aliphatic heterocycles. The van der Waals surface area contributed by atoms with Crippen LogP contribution in [0.1, 0.15) is 24.2 Å². The van der Waals surface area contributed by atoms with Crippen LogP contribution < -0.4 is 4.74 Å². The molecule has 0 bridgehead atoms. The summed E-state index contributed by atoms with van der Waals surface area (Å²) < 4.78 is 11.2. The number of aliphatic hydroxyl groups is 1. The van der Waals surface area contributed by atoms with E-state index in [1.165, 1.54) is 0 Å². The summed E-state index contributed by atoms with van der Waals surface area (Å²) in [7, 11) is 0. The zero-order valence-electron chi connectivity index (χ0n) is 12.2. The summed E-state index contributed by atoms with van der Waals surface area (Å²) in [5.74, 6) is -0.0176. The van der Waals surface area contributed by atoms with Crippen LogP contribution in [0.5, 0.6) is 5.75 Å². The van der Waals surface area contributed by atoms with Crippen molar-refractivity contribution >= 4 is 21.9 Å². The Morgan fingerprint density at radius 3 is 2.59 bits per heavy atom. The van der Waals surface area contributed by atoms with Gasteiger partial charge in [-0.3, -0.25) is 0 Å². The number of hydrogen-bond donors (Lipinski definition) is 1. The predicted molar refractivity (Wildman–Crippen MR) is 86.5 cm³/mol. The zero-order chi connectivity index (χ0) is 15.9. The fraction of sp³-hybridized carbons (Fsp3) is 0.235. The average Bonchev–Trinajstić information content (AvgIpc) is 2.54. The standard InChI is InChI=1S/C17H17BrO4/c1-2-21-17(20)16(19)13-8-9-15(14(18)10-13)22-11-12-6-4-3-5-7-12/h3-10,16,19H,2,11H2,1H3. The number of benzene rings is 2. The van der Waals surface area contributed by atoms with E-state index in [-0.39, 0.29) is 6.61 Å². The van der Waals surface area contributed by atoms with Crippen molar-refractivity contribution in [3.05, 3.63) is 64.1 Å². The lowest BCUT2D eigenvalue weighted by atomic mass is 10.1. The van der Waals surface area contributed by atoms with Gasteiger partial charge in [0.25, 0.3) is 0 Å². The Kier molecular flexibility index (Phi) is 5.98. The van der Waals surface area contributed by atoms with Gasteiger partial charge in [-0.1, -0.05) is 36.4 Å². The van der Waals surface area contributed by atoms with E-state index in [9.17, 15) is 9.90 Å². The van der Waals surface area contributed by atoms with Crippen LogP contribution in [0.3, 0.4) is 0 Å². The van der Waals surface area contributed by atoms with Gasteiger partial charge in [0.2, 0.25) is 0 Å². The highest BCUT2D eigenvalue weighted by Gasteiger charge is 2.19. The van der Waals surface area contributed by atoms with Gasteiger partial charge in [-0.2, -0.15) is 0 Å². The first-order chi connectivity index (χ1) is 10.6. The van der Waals surface area contributed by atoms with Crippen molar-refractivity contribution in [1.29, 1.82) is 0 Å². The van der Waals surface area contributed by atoms with Crippen LogP contribution in [-0.4, -0.2) is 17.7 Å². The molecular weight excluding hydrogens is 348 g/mol. The molecule has 0 fully saturated rings. The van der Waals surface area contributed by atoms with Crippen LogP contribution in [0.15, 0.2) is 53.0 Å². The number of carbonyl (C=O) groups is 1. The number of aliphatic hydroxyl groups excluding tert-OH is 1. The lowest BCUT2D eigenvalue weighted by Gasteiger charge is -2.13. The molecule has 0 saturated carbocycles. The normalized spacial score (nSPS) is 11.8. The highest BCUT2D eigenvalue weighted by atomic mass is 79.9. The summed E-state index contributed by atoms with van der Waals surface area (Å²) in [4.78, 5) is 11.5. The third-order valence-corrected chi connectivity index (χ3v) is 3.64. The third-order valence-electron chi connectivity index (χ3n) is 3.02. The highest BCUT2D eigenvalue weighted by molar-refractivity contribution is 9.10. The van der Waals surface area contributed by atoms with Gasteiger partial charge in [-0.15, -0.1) is 0 Å². The molecule has 0 amide bonds. The molecule has 4 nitrogen and oxygen atoms in total. The molecule has 116 valence electrons. The molecule has 2 aromatic rings. The lowest BCUT2D eigenvalue weighted by molar-refractivity contribution is -0.153. The van der Waals surface area contributed by atoms with Crippen molar-refractivity contribution in [1.82, 2.24) is 0 Å². The van der Waals surface area contributed by atoms with Crippen LogP contribution in [0, 0.1) is 0 Å². The summed E-state index contributed by atoms with van der Waals surface area (Å²) in [6, 6.07) is 14.8. The molecule has 0 aromatic heterocycles. The first-order valence-corrected chi connectivity index (χ1v) is 7.72. The molecule has 22 heavy (non-hydrogen) atoms. The Balaban J connectivity index is 2.05. The van der Waals surface area contributed by atoms with Gasteiger partial charge in [-0.05, 0) is 46.1 Å². The smallest absolute Gasteiger partial charge is 0.339 e. The molecule has 1 atom stereocenters. The van der Waals surface area contributed by atoms with E-state index < -0.39 is 12.1 Å². The van der Waals surface area contributed by atoms with Gasteiger partial charge in [0, 0.05) is 0 Å². The highest BCUT2D eigenvalue weighted by Crippen LogP contribution is 2.29. The molecule has 2 aromatic carbocycles. The topological polar surface area (TPSA) is 55.8 Å². The van der Waals surface area contributed by atoms with Crippen molar-refractivity contribution in [2.24, 2.45) is 0 Å². The molecule has 0 radical (unpaired) electrons. The quantitative estimate of drug-likeness (QED) is 0.795. The van der Waals surface area contributed by atoms with E-state index in [0.717, 1.165) is 5.56 Å². The number of carbonyl (C=O) groups excluding carboxylic acids is 1. The Morgan fingerprint density at radius 2 is 1.95 bits per heavy atom. The zero-order valence-corrected chi connectivity index (χ0v) is 13.7. The first-order valence-electron chi connectivity index (χ1n) is 6.92. The molecule has 1 N–H and O–H groups in total. The van der Waals surface area contributed by atoms with Crippen LogP contribution in [-0.2, 0) is 16.1 Å². The fourth-order valence-electron chi connectivity index (χ4n) is 1.90. The van der Waals surface area contributed by atoms with Crippen molar-refractivity contribution in [2.75, 3.05) is 6.61 Å². The number of rotatable bonds is 6. The van der Waals surface area contributed by atoms with E-state index in [0.29, 0.717) is 22.4 Å². The molecule has 0 spiro atoms.